The Kier molecular flexibility index (Phi) is 9.42. The van der Waals surface area contributed by atoms with Crippen LogP contribution in [0.3, 0.4) is 0 Å². The number of rotatable bonds is 11. The van der Waals surface area contributed by atoms with Gasteiger partial charge in [-0.3, -0.25) is 4.79 Å². The number of methoxy groups -OCH3 is 1. The summed E-state index contributed by atoms with van der Waals surface area (Å²) in [7, 11) is 1.34. The summed E-state index contributed by atoms with van der Waals surface area (Å²) in [5.74, 6) is 1.27. The summed E-state index contributed by atoms with van der Waals surface area (Å²) in [5.41, 5.74) is 3.28. The SMILES string of the molecule is CCn1c(COc2ccc(C(C)C)cc2)nnc1SCC(=O)Nc1sc(C)c(-c2ccccc2)c1C(=O)OC. The number of esters is 1. The fraction of sp³-hybridized carbons (Fsp3) is 0.310. The van der Waals surface area contributed by atoms with Crippen LogP contribution in [0.4, 0.5) is 5.00 Å². The number of anilines is 1. The summed E-state index contributed by atoms with van der Waals surface area (Å²) in [6.07, 6.45) is 0. The molecule has 0 aliphatic carbocycles. The van der Waals surface area contributed by atoms with E-state index in [2.05, 4.69) is 41.5 Å². The molecule has 0 fully saturated rings. The molecule has 4 rings (SSSR count). The quantitative estimate of drug-likeness (QED) is 0.163. The Labute approximate surface area is 236 Å². The first-order valence-electron chi connectivity index (χ1n) is 12.7. The number of aryl methyl sites for hydroxylation is 1. The summed E-state index contributed by atoms with van der Waals surface area (Å²) in [5, 5.41) is 12.6. The van der Waals surface area contributed by atoms with E-state index >= 15 is 0 Å². The molecule has 0 saturated heterocycles. The highest BCUT2D eigenvalue weighted by molar-refractivity contribution is 7.99. The average molecular weight is 565 g/mol. The maximum absolute atomic E-state index is 12.9. The minimum atomic E-state index is -0.490. The van der Waals surface area contributed by atoms with Crippen LogP contribution < -0.4 is 10.1 Å². The van der Waals surface area contributed by atoms with Crippen LogP contribution in [0.2, 0.25) is 0 Å². The second-order valence-electron chi connectivity index (χ2n) is 9.09. The molecule has 1 amide bonds. The third-order valence-electron chi connectivity index (χ3n) is 6.15. The molecular weight excluding hydrogens is 532 g/mol. The summed E-state index contributed by atoms with van der Waals surface area (Å²) < 4.78 is 12.9. The van der Waals surface area contributed by atoms with Crippen molar-refractivity contribution < 1.29 is 19.1 Å². The van der Waals surface area contributed by atoms with E-state index < -0.39 is 5.97 Å². The van der Waals surface area contributed by atoms with Gasteiger partial charge >= 0.3 is 5.97 Å². The van der Waals surface area contributed by atoms with Gasteiger partial charge in [0.25, 0.3) is 0 Å². The third kappa shape index (κ3) is 6.69. The Morgan fingerprint density at radius 1 is 1.08 bits per heavy atom. The number of nitrogens with zero attached hydrogens (tertiary/aromatic N) is 3. The monoisotopic (exact) mass is 564 g/mol. The number of carbonyl (C=O) groups is 2. The number of hydrogen-bond donors (Lipinski definition) is 1. The highest BCUT2D eigenvalue weighted by Crippen LogP contribution is 2.40. The summed E-state index contributed by atoms with van der Waals surface area (Å²) in [6.45, 7) is 9.14. The molecule has 0 atom stereocenters. The van der Waals surface area contributed by atoms with Crippen molar-refractivity contribution in [1.82, 2.24) is 14.8 Å². The Bertz CT molecular complexity index is 1430. The number of benzene rings is 2. The first kappa shape index (κ1) is 28.4. The van der Waals surface area contributed by atoms with Crippen LogP contribution in [0.15, 0.2) is 59.8 Å². The van der Waals surface area contributed by atoms with Crippen molar-refractivity contribution in [3.8, 4) is 16.9 Å². The predicted molar refractivity (Wildman–Crippen MR) is 156 cm³/mol. The molecule has 0 aliphatic rings. The third-order valence-corrected chi connectivity index (χ3v) is 8.13. The standard InChI is InChI=1S/C29H32N4O4S2/c1-6-33-23(16-37-22-14-12-20(13-15-22)18(2)3)31-32-29(33)38-17-24(34)30-27-26(28(35)36-5)25(19(4)39-27)21-10-8-7-9-11-21/h7-15,18H,6,16-17H2,1-5H3,(H,30,34). The highest BCUT2D eigenvalue weighted by atomic mass is 32.2. The minimum Gasteiger partial charge on any atom is -0.486 e. The van der Waals surface area contributed by atoms with Crippen molar-refractivity contribution in [3.63, 3.8) is 0 Å². The largest absolute Gasteiger partial charge is 0.486 e. The minimum absolute atomic E-state index is 0.105. The number of amides is 1. The lowest BCUT2D eigenvalue weighted by Gasteiger charge is -2.10. The van der Waals surface area contributed by atoms with E-state index in [1.807, 2.05) is 60.9 Å². The molecule has 204 valence electrons. The number of carbonyl (C=O) groups excluding carboxylic acids is 2. The zero-order valence-corrected chi connectivity index (χ0v) is 24.3. The van der Waals surface area contributed by atoms with Gasteiger partial charge in [0.1, 0.15) is 22.9 Å². The lowest BCUT2D eigenvalue weighted by Crippen LogP contribution is -2.16. The van der Waals surface area contributed by atoms with Gasteiger partial charge in [-0.25, -0.2) is 4.79 Å². The van der Waals surface area contributed by atoms with E-state index in [4.69, 9.17) is 9.47 Å². The molecule has 1 N–H and O–H groups in total. The lowest BCUT2D eigenvalue weighted by molar-refractivity contribution is -0.113. The molecule has 8 nitrogen and oxygen atoms in total. The van der Waals surface area contributed by atoms with E-state index in [-0.39, 0.29) is 18.3 Å². The summed E-state index contributed by atoms with van der Waals surface area (Å²) >= 11 is 2.64. The van der Waals surface area contributed by atoms with Crippen molar-refractivity contribution in [1.29, 1.82) is 0 Å². The highest BCUT2D eigenvalue weighted by Gasteiger charge is 2.25. The smallest absolute Gasteiger partial charge is 0.341 e. The summed E-state index contributed by atoms with van der Waals surface area (Å²) in [4.78, 5) is 26.5. The van der Waals surface area contributed by atoms with Crippen LogP contribution >= 0.6 is 23.1 Å². The average Bonchev–Trinajstić information content (AvgIpc) is 3.50. The zero-order chi connectivity index (χ0) is 27.9. The molecule has 0 saturated carbocycles. The molecule has 2 aromatic carbocycles. The normalized spacial score (nSPS) is 11.0. The molecular formula is C29H32N4O4S2. The molecule has 0 aliphatic heterocycles. The van der Waals surface area contributed by atoms with E-state index in [1.54, 1.807) is 0 Å². The second kappa shape index (κ2) is 12.9. The van der Waals surface area contributed by atoms with Gasteiger partial charge in [-0.15, -0.1) is 21.5 Å². The zero-order valence-electron chi connectivity index (χ0n) is 22.7. The van der Waals surface area contributed by atoms with Crippen molar-refractivity contribution in [2.24, 2.45) is 0 Å². The fourth-order valence-electron chi connectivity index (χ4n) is 4.12. The van der Waals surface area contributed by atoms with Gasteiger partial charge in [0.2, 0.25) is 5.91 Å². The molecule has 4 aromatic rings. The van der Waals surface area contributed by atoms with E-state index in [9.17, 15) is 9.59 Å². The van der Waals surface area contributed by atoms with Gasteiger partial charge in [0.15, 0.2) is 11.0 Å². The predicted octanol–water partition coefficient (Wildman–Crippen LogP) is 6.55. The van der Waals surface area contributed by atoms with Crippen molar-refractivity contribution in [2.75, 3.05) is 18.2 Å². The van der Waals surface area contributed by atoms with Crippen molar-refractivity contribution >= 4 is 40.0 Å². The molecule has 0 unspecified atom stereocenters. The number of hydrogen-bond acceptors (Lipinski definition) is 8. The first-order chi connectivity index (χ1) is 18.8. The fourth-order valence-corrected chi connectivity index (χ4v) is 6.02. The maximum Gasteiger partial charge on any atom is 0.341 e. The summed E-state index contributed by atoms with van der Waals surface area (Å²) in [6, 6.07) is 17.6. The number of aromatic nitrogens is 3. The van der Waals surface area contributed by atoms with Gasteiger partial charge in [0, 0.05) is 17.0 Å². The van der Waals surface area contributed by atoms with Crippen LogP contribution in [0.5, 0.6) is 5.75 Å². The van der Waals surface area contributed by atoms with E-state index in [1.165, 1.54) is 35.8 Å². The van der Waals surface area contributed by atoms with Gasteiger partial charge < -0.3 is 19.4 Å². The Hall–Kier alpha value is -3.63. The maximum atomic E-state index is 12.9. The molecule has 39 heavy (non-hydrogen) atoms. The molecule has 2 heterocycles. The van der Waals surface area contributed by atoms with Gasteiger partial charge in [0.05, 0.1) is 12.9 Å². The Balaban J connectivity index is 1.42. The van der Waals surface area contributed by atoms with Crippen LogP contribution in [-0.4, -0.2) is 39.5 Å². The van der Waals surface area contributed by atoms with Crippen LogP contribution in [0, 0.1) is 6.92 Å². The Morgan fingerprint density at radius 2 is 1.79 bits per heavy atom. The van der Waals surface area contributed by atoms with E-state index in [0.717, 1.165) is 21.8 Å². The molecule has 0 radical (unpaired) electrons. The van der Waals surface area contributed by atoms with Crippen molar-refractivity contribution in [3.05, 3.63) is 76.4 Å². The van der Waals surface area contributed by atoms with Gasteiger partial charge in [-0.2, -0.15) is 0 Å². The number of thiophene rings is 1. The molecule has 0 spiro atoms. The molecule has 10 heteroatoms. The van der Waals surface area contributed by atoms with E-state index in [0.29, 0.717) is 34.0 Å². The molecule has 0 bridgehead atoms. The van der Waals surface area contributed by atoms with Gasteiger partial charge in [-0.1, -0.05) is 68.1 Å². The second-order valence-corrected chi connectivity index (χ2v) is 11.3. The van der Waals surface area contributed by atoms with Crippen molar-refractivity contribution in [2.45, 2.75) is 51.9 Å². The number of nitrogens with one attached hydrogen (secondary N) is 1. The molecule has 2 aromatic heterocycles. The van der Waals surface area contributed by atoms with Crippen LogP contribution in [-0.2, 0) is 22.7 Å². The topological polar surface area (TPSA) is 95.3 Å². The number of ether oxygens (including phenoxy) is 2. The number of thioether (sulfide) groups is 1. The first-order valence-corrected chi connectivity index (χ1v) is 14.5. The lowest BCUT2D eigenvalue weighted by atomic mass is 10.0. The van der Waals surface area contributed by atoms with Crippen LogP contribution in [0.1, 0.15) is 53.3 Å². The van der Waals surface area contributed by atoms with Crippen LogP contribution in [0.25, 0.3) is 11.1 Å². The van der Waals surface area contributed by atoms with Gasteiger partial charge in [-0.05, 0) is 43.0 Å². The Morgan fingerprint density at radius 3 is 2.44 bits per heavy atom.